The predicted molar refractivity (Wildman–Crippen MR) is 126 cm³/mol. The van der Waals surface area contributed by atoms with E-state index in [0.717, 1.165) is 22.3 Å². The SMILES string of the molecule is COc1cc(C2=CC3NC(=O)N(c4cncc5sc(C(F)F)c(C)c45)C(=O)C3S2)c(Cl)cc1F. The van der Waals surface area contributed by atoms with Gasteiger partial charge in [-0.1, -0.05) is 11.6 Å². The number of amides is 3. The third-order valence-corrected chi connectivity index (χ3v) is 8.57. The van der Waals surface area contributed by atoms with Crippen LogP contribution in [0.3, 0.4) is 0 Å². The molecule has 12 heteroatoms. The first-order chi connectivity index (χ1) is 16.2. The minimum absolute atomic E-state index is 0.00622. The Balaban J connectivity index is 1.52. The van der Waals surface area contributed by atoms with Crippen LogP contribution in [0.25, 0.3) is 15.0 Å². The summed E-state index contributed by atoms with van der Waals surface area (Å²) in [6.07, 6.45) is 1.76. The zero-order chi connectivity index (χ0) is 24.3. The van der Waals surface area contributed by atoms with Crippen molar-refractivity contribution in [3.8, 4) is 5.75 Å². The molecule has 0 radical (unpaired) electrons. The van der Waals surface area contributed by atoms with Crippen molar-refractivity contribution in [2.24, 2.45) is 0 Å². The summed E-state index contributed by atoms with van der Waals surface area (Å²) in [7, 11) is 1.33. The van der Waals surface area contributed by atoms with Crippen LogP contribution in [-0.2, 0) is 4.79 Å². The Kier molecular flexibility index (Phi) is 5.73. The van der Waals surface area contributed by atoms with Gasteiger partial charge in [0.05, 0.1) is 39.6 Å². The Labute approximate surface area is 204 Å². The summed E-state index contributed by atoms with van der Waals surface area (Å²) < 4.78 is 46.4. The van der Waals surface area contributed by atoms with E-state index in [-0.39, 0.29) is 21.3 Å². The van der Waals surface area contributed by atoms with Gasteiger partial charge in [-0.05, 0) is 30.7 Å². The minimum atomic E-state index is -2.69. The van der Waals surface area contributed by atoms with E-state index in [1.165, 1.54) is 44.3 Å². The summed E-state index contributed by atoms with van der Waals surface area (Å²) in [5, 5.41) is 2.57. The first-order valence-corrected chi connectivity index (χ1v) is 12.0. The van der Waals surface area contributed by atoms with Gasteiger partial charge in [0.15, 0.2) is 11.6 Å². The maximum Gasteiger partial charge on any atom is 0.329 e. The summed E-state index contributed by atoms with van der Waals surface area (Å²) in [5.41, 5.74) is 0.916. The molecule has 3 amide bonds. The molecule has 2 unspecified atom stereocenters. The monoisotopic (exact) mass is 525 g/mol. The number of methoxy groups -OCH3 is 1. The van der Waals surface area contributed by atoms with Crippen LogP contribution < -0.4 is 15.0 Å². The number of thioether (sulfide) groups is 1. The number of imide groups is 1. The Morgan fingerprint density at radius 1 is 1.26 bits per heavy atom. The largest absolute Gasteiger partial charge is 0.494 e. The number of alkyl halides is 2. The molecular formula is C22H15ClF3N3O3S2. The highest BCUT2D eigenvalue weighted by Crippen LogP contribution is 2.47. The van der Waals surface area contributed by atoms with Crippen LogP contribution in [0.2, 0.25) is 5.02 Å². The number of carbonyl (C=O) groups excluding carboxylic acids is 2. The normalized spacial score (nSPS) is 20.1. The number of rotatable bonds is 4. The predicted octanol–water partition coefficient (Wildman–Crippen LogP) is 5.92. The zero-order valence-electron chi connectivity index (χ0n) is 17.6. The number of aromatic nitrogens is 1. The first kappa shape index (κ1) is 23.0. The van der Waals surface area contributed by atoms with Crippen molar-refractivity contribution in [1.82, 2.24) is 10.3 Å². The van der Waals surface area contributed by atoms with Gasteiger partial charge in [-0.3, -0.25) is 9.78 Å². The van der Waals surface area contributed by atoms with Crippen LogP contribution in [0.15, 0.2) is 30.6 Å². The molecule has 1 aromatic carbocycles. The molecule has 5 rings (SSSR count). The molecule has 2 aromatic heterocycles. The van der Waals surface area contributed by atoms with E-state index in [1.54, 1.807) is 6.08 Å². The van der Waals surface area contributed by atoms with Crippen LogP contribution in [0, 0.1) is 12.7 Å². The van der Waals surface area contributed by atoms with Crippen LogP contribution in [0.5, 0.6) is 5.75 Å². The molecule has 0 aliphatic carbocycles. The van der Waals surface area contributed by atoms with Crippen LogP contribution >= 0.6 is 34.7 Å². The Morgan fingerprint density at radius 2 is 2.03 bits per heavy atom. The molecule has 176 valence electrons. The number of hydrogen-bond donors (Lipinski definition) is 1. The quantitative estimate of drug-likeness (QED) is 0.457. The summed E-state index contributed by atoms with van der Waals surface area (Å²) >= 11 is 8.29. The number of thiophene rings is 1. The highest BCUT2D eigenvalue weighted by atomic mass is 35.5. The molecule has 0 saturated carbocycles. The van der Waals surface area contributed by atoms with Crippen molar-refractivity contribution in [3.63, 3.8) is 0 Å². The molecule has 2 aliphatic rings. The Morgan fingerprint density at radius 3 is 2.74 bits per heavy atom. The van der Waals surface area contributed by atoms with E-state index in [0.29, 0.717) is 26.1 Å². The van der Waals surface area contributed by atoms with E-state index in [9.17, 15) is 22.8 Å². The second kappa shape index (κ2) is 8.47. The molecular weight excluding hydrogens is 511 g/mol. The Bertz CT molecular complexity index is 1390. The van der Waals surface area contributed by atoms with Gasteiger partial charge >= 0.3 is 6.03 Å². The van der Waals surface area contributed by atoms with E-state index in [2.05, 4.69) is 10.3 Å². The number of ether oxygens (including phenoxy) is 1. The van der Waals surface area contributed by atoms with Crippen molar-refractivity contribution < 1.29 is 27.5 Å². The molecule has 6 nitrogen and oxygen atoms in total. The van der Waals surface area contributed by atoms with Crippen molar-refractivity contribution in [2.45, 2.75) is 24.6 Å². The standard InChI is InChI=1S/C22H15ClF3N3O3S2/c1-8-17-13(6-27-7-16(17)34-18(8)20(25)26)29-21(30)19-12(28-22(29)31)5-15(33-19)9-3-14(32-2)11(24)4-10(9)23/h3-7,12,19-20H,1-2H3,(H,28,31). The number of anilines is 1. The molecule has 34 heavy (non-hydrogen) atoms. The van der Waals surface area contributed by atoms with Crippen molar-refractivity contribution in [1.29, 1.82) is 0 Å². The molecule has 0 bridgehead atoms. The lowest BCUT2D eigenvalue weighted by atomic mass is 10.1. The number of carbonyl (C=O) groups is 2. The number of benzene rings is 1. The van der Waals surface area contributed by atoms with E-state index in [1.807, 2.05) is 0 Å². The maximum absolute atomic E-state index is 14.0. The third kappa shape index (κ3) is 3.53. The first-order valence-electron chi connectivity index (χ1n) is 9.92. The number of nitrogens with one attached hydrogen (secondary N) is 1. The van der Waals surface area contributed by atoms with Crippen molar-refractivity contribution >= 4 is 67.3 Å². The fraction of sp³-hybridized carbons (Fsp3) is 0.227. The summed E-state index contributed by atoms with van der Waals surface area (Å²) in [6, 6.07) is 1.24. The van der Waals surface area contributed by atoms with E-state index < -0.39 is 35.5 Å². The highest BCUT2D eigenvalue weighted by Gasteiger charge is 2.46. The average Bonchev–Trinajstić information content (AvgIpc) is 3.36. The highest BCUT2D eigenvalue weighted by molar-refractivity contribution is 8.09. The van der Waals surface area contributed by atoms with Gasteiger partial charge in [-0.25, -0.2) is 22.9 Å². The fourth-order valence-electron chi connectivity index (χ4n) is 4.09. The number of fused-ring (bicyclic) bond motifs is 2. The fourth-order valence-corrected chi connectivity index (χ4v) is 6.75. The lowest BCUT2D eigenvalue weighted by Gasteiger charge is -2.33. The average molecular weight is 526 g/mol. The molecule has 0 spiro atoms. The molecule has 3 aromatic rings. The lowest BCUT2D eigenvalue weighted by Crippen LogP contribution is -2.60. The van der Waals surface area contributed by atoms with E-state index >= 15 is 0 Å². The van der Waals surface area contributed by atoms with Gasteiger partial charge in [0.25, 0.3) is 12.3 Å². The zero-order valence-corrected chi connectivity index (χ0v) is 20.0. The number of hydrogen-bond acceptors (Lipinski definition) is 6. The van der Waals surface area contributed by atoms with Crippen LogP contribution in [0.1, 0.15) is 22.4 Å². The number of nitrogens with zero attached hydrogens (tertiary/aromatic N) is 2. The van der Waals surface area contributed by atoms with Crippen LogP contribution in [0.4, 0.5) is 23.7 Å². The summed E-state index contributed by atoms with van der Waals surface area (Å²) in [6.45, 7) is 1.53. The molecule has 1 fully saturated rings. The second-order valence-corrected chi connectivity index (χ2v) is 10.3. The molecule has 2 atom stereocenters. The molecule has 4 heterocycles. The van der Waals surface area contributed by atoms with Gasteiger partial charge in [-0.2, -0.15) is 0 Å². The third-order valence-electron chi connectivity index (χ3n) is 5.67. The maximum atomic E-state index is 14.0. The summed E-state index contributed by atoms with van der Waals surface area (Å²) in [4.78, 5) is 31.9. The second-order valence-electron chi connectivity index (χ2n) is 7.61. The topological polar surface area (TPSA) is 71.5 Å². The summed E-state index contributed by atoms with van der Waals surface area (Å²) in [5.74, 6) is -1.15. The van der Waals surface area contributed by atoms with E-state index in [4.69, 9.17) is 16.3 Å². The van der Waals surface area contributed by atoms with Crippen molar-refractivity contribution in [3.05, 3.63) is 57.4 Å². The smallest absolute Gasteiger partial charge is 0.329 e. The van der Waals surface area contributed by atoms with Gasteiger partial charge in [0, 0.05) is 22.1 Å². The molecule has 2 aliphatic heterocycles. The minimum Gasteiger partial charge on any atom is -0.494 e. The van der Waals surface area contributed by atoms with Gasteiger partial charge in [-0.15, -0.1) is 23.1 Å². The molecule has 1 saturated heterocycles. The number of halogens is 4. The number of pyridine rings is 1. The van der Waals surface area contributed by atoms with Gasteiger partial charge in [0.1, 0.15) is 5.25 Å². The van der Waals surface area contributed by atoms with Crippen LogP contribution in [-0.4, -0.2) is 35.3 Å². The van der Waals surface area contributed by atoms with Gasteiger partial charge < -0.3 is 10.1 Å². The number of aryl methyl sites for hydroxylation is 1. The van der Waals surface area contributed by atoms with Crippen molar-refractivity contribution in [2.75, 3.05) is 12.0 Å². The van der Waals surface area contributed by atoms with Gasteiger partial charge in [0.2, 0.25) is 0 Å². The number of urea groups is 1. The Hall–Kier alpha value is -2.76. The lowest BCUT2D eigenvalue weighted by molar-refractivity contribution is -0.118. The molecule has 1 N–H and O–H groups in total.